The van der Waals surface area contributed by atoms with Gasteiger partial charge in [-0.25, -0.2) is 0 Å². The van der Waals surface area contributed by atoms with Gasteiger partial charge in [0.2, 0.25) is 0 Å². The van der Waals surface area contributed by atoms with Crippen molar-refractivity contribution in [2.75, 3.05) is 5.75 Å². The minimum Gasteiger partial charge on any atom is -0.393 e. The largest absolute Gasteiger partial charge is 0.393 e. The van der Waals surface area contributed by atoms with Crippen LogP contribution in [-0.4, -0.2) is 21.7 Å². The lowest BCUT2D eigenvalue weighted by atomic mass is 9.87. The molecule has 3 unspecified atom stereocenters. The summed E-state index contributed by atoms with van der Waals surface area (Å²) in [4.78, 5) is 0. The molecular weight excluding hydrogens is 170 g/mol. The molecular formula is C9H15NOS. The standard InChI is InChI=1S/C9H15NOS/c1-7(8(2)11)9(6-10)4-3-5-12-9/h7-8,11H,3-5H2,1-2H3. The molecule has 12 heavy (non-hydrogen) atoms. The molecule has 3 atom stereocenters. The van der Waals surface area contributed by atoms with Gasteiger partial charge in [-0.3, -0.25) is 0 Å². The maximum absolute atomic E-state index is 9.41. The molecule has 1 saturated heterocycles. The molecule has 0 bridgehead atoms. The van der Waals surface area contributed by atoms with Crippen molar-refractivity contribution in [3.63, 3.8) is 0 Å². The van der Waals surface area contributed by atoms with E-state index in [9.17, 15) is 5.11 Å². The van der Waals surface area contributed by atoms with Gasteiger partial charge in [-0.2, -0.15) is 5.26 Å². The van der Waals surface area contributed by atoms with Crippen molar-refractivity contribution in [3.05, 3.63) is 0 Å². The van der Waals surface area contributed by atoms with E-state index in [4.69, 9.17) is 5.26 Å². The van der Waals surface area contributed by atoms with Crippen molar-refractivity contribution < 1.29 is 5.11 Å². The molecule has 1 N–H and O–H groups in total. The quantitative estimate of drug-likeness (QED) is 0.713. The second kappa shape index (κ2) is 3.68. The Bertz CT molecular complexity index is 191. The summed E-state index contributed by atoms with van der Waals surface area (Å²) in [5, 5.41) is 18.5. The third-order valence-electron chi connectivity index (χ3n) is 2.70. The molecule has 0 spiro atoms. The van der Waals surface area contributed by atoms with Crippen LogP contribution in [0.5, 0.6) is 0 Å². The third kappa shape index (κ3) is 1.60. The maximum atomic E-state index is 9.41. The third-order valence-corrected chi connectivity index (χ3v) is 4.38. The highest BCUT2D eigenvalue weighted by atomic mass is 32.2. The number of nitrogens with zero attached hydrogens (tertiary/aromatic N) is 1. The van der Waals surface area contributed by atoms with Gasteiger partial charge in [0.05, 0.1) is 12.2 Å². The minimum absolute atomic E-state index is 0.0787. The van der Waals surface area contributed by atoms with Crippen molar-refractivity contribution in [2.45, 2.75) is 37.5 Å². The number of aliphatic hydroxyl groups is 1. The van der Waals surface area contributed by atoms with E-state index in [-0.39, 0.29) is 16.8 Å². The summed E-state index contributed by atoms with van der Waals surface area (Å²) in [6.07, 6.45) is 1.66. The number of hydrogen-bond donors (Lipinski definition) is 1. The predicted molar refractivity (Wildman–Crippen MR) is 50.9 cm³/mol. The summed E-state index contributed by atoms with van der Waals surface area (Å²) >= 11 is 1.71. The van der Waals surface area contributed by atoms with E-state index in [1.807, 2.05) is 6.92 Å². The molecule has 1 heterocycles. The molecule has 0 aromatic carbocycles. The van der Waals surface area contributed by atoms with Crippen LogP contribution in [0, 0.1) is 17.2 Å². The first kappa shape index (κ1) is 9.88. The highest BCUT2D eigenvalue weighted by Gasteiger charge is 2.42. The second-order valence-corrected chi connectivity index (χ2v) is 4.91. The maximum Gasteiger partial charge on any atom is 0.107 e. The van der Waals surface area contributed by atoms with Gasteiger partial charge >= 0.3 is 0 Å². The number of hydrogen-bond acceptors (Lipinski definition) is 3. The molecule has 0 aromatic rings. The normalized spacial score (nSPS) is 34.2. The number of nitriles is 1. The molecule has 68 valence electrons. The fourth-order valence-electron chi connectivity index (χ4n) is 1.60. The van der Waals surface area contributed by atoms with Crippen molar-refractivity contribution in [1.82, 2.24) is 0 Å². The molecule has 0 radical (unpaired) electrons. The topological polar surface area (TPSA) is 44.0 Å². The first-order valence-corrected chi connectivity index (χ1v) is 5.34. The Morgan fingerprint density at radius 1 is 1.58 bits per heavy atom. The van der Waals surface area contributed by atoms with Gasteiger partial charge in [0.1, 0.15) is 4.75 Å². The van der Waals surface area contributed by atoms with Crippen molar-refractivity contribution in [3.8, 4) is 6.07 Å². The predicted octanol–water partition coefficient (Wildman–Crippen LogP) is 1.79. The van der Waals surface area contributed by atoms with Crippen LogP contribution < -0.4 is 0 Å². The van der Waals surface area contributed by atoms with Gasteiger partial charge < -0.3 is 5.11 Å². The smallest absolute Gasteiger partial charge is 0.107 e. The molecule has 0 aromatic heterocycles. The van der Waals surface area contributed by atoms with E-state index >= 15 is 0 Å². The van der Waals surface area contributed by atoms with Crippen LogP contribution >= 0.6 is 11.8 Å². The summed E-state index contributed by atoms with van der Waals surface area (Å²) in [5.74, 6) is 1.14. The highest BCUT2D eigenvalue weighted by Crippen LogP contribution is 2.44. The zero-order chi connectivity index (χ0) is 9.19. The molecule has 1 aliphatic rings. The Hall–Kier alpha value is -0.200. The lowest BCUT2D eigenvalue weighted by molar-refractivity contribution is 0.121. The van der Waals surface area contributed by atoms with E-state index in [2.05, 4.69) is 6.07 Å². The zero-order valence-electron chi connectivity index (χ0n) is 7.58. The second-order valence-electron chi connectivity index (χ2n) is 3.48. The first-order chi connectivity index (χ1) is 5.62. The summed E-state index contributed by atoms with van der Waals surface area (Å²) in [6.45, 7) is 3.73. The highest BCUT2D eigenvalue weighted by molar-refractivity contribution is 8.01. The fourth-order valence-corrected chi connectivity index (χ4v) is 3.07. The molecule has 1 rings (SSSR count). The van der Waals surface area contributed by atoms with Crippen LogP contribution in [0.25, 0.3) is 0 Å². The van der Waals surface area contributed by atoms with Crippen LogP contribution in [0.3, 0.4) is 0 Å². The van der Waals surface area contributed by atoms with E-state index in [1.165, 1.54) is 0 Å². The van der Waals surface area contributed by atoms with Gasteiger partial charge in [-0.15, -0.1) is 11.8 Å². The van der Waals surface area contributed by atoms with Gasteiger partial charge in [0.25, 0.3) is 0 Å². The molecule has 0 saturated carbocycles. The average molecular weight is 185 g/mol. The van der Waals surface area contributed by atoms with Gasteiger partial charge in [-0.05, 0) is 25.5 Å². The van der Waals surface area contributed by atoms with Crippen LogP contribution in [0.2, 0.25) is 0 Å². The van der Waals surface area contributed by atoms with Gasteiger partial charge in [0.15, 0.2) is 0 Å². The van der Waals surface area contributed by atoms with Crippen LogP contribution in [0.15, 0.2) is 0 Å². The number of thioether (sulfide) groups is 1. The summed E-state index contributed by atoms with van der Waals surface area (Å²) in [6, 6.07) is 2.36. The molecule has 2 nitrogen and oxygen atoms in total. The first-order valence-electron chi connectivity index (χ1n) is 4.35. The van der Waals surface area contributed by atoms with Gasteiger partial charge in [0, 0.05) is 5.92 Å². The lowest BCUT2D eigenvalue weighted by Crippen LogP contribution is -2.35. The summed E-state index contributed by atoms with van der Waals surface area (Å²) in [5.41, 5.74) is 0. The SMILES string of the molecule is CC(O)C(C)C1(C#N)CCCS1. The Labute approximate surface area is 78.0 Å². The number of aliphatic hydroxyl groups excluding tert-OH is 1. The Balaban J connectivity index is 2.74. The van der Waals surface area contributed by atoms with Crippen LogP contribution in [-0.2, 0) is 0 Å². The van der Waals surface area contributed by atoms with E-state index in [1.54, 1.807) is 18.7 Å². The zero-order valence-corrected chi connectivity index (χ0v) is 8.40. The molecule has 0 aliphatic carbocycles. The molecule has 0 amide bonds. The van der Waals surface area contributed by atoms with Crippen molar-refractivity contribution in [1.29, 1.82) is 5.26 Å². The average Bonchev–Trinajstić information content (AvgIpc) is 2.52. The number of rotatable bonds is 2. The Morgan fingerprint density at radius 3 is 2.58 bits per heavy atom. The van der Waals surface area contributed by atoms with E-state index in [0.717, 1.165) is 18.6 Å². The van der Waals surface area contributed by atoms with Crippen molar-refractivity contribution >= 4 is 11.8 Å². The van der Waals surface area contributed by atoms with Crippen molar-refractivity contribution in [2.24, 2.45) is 5.92 Å². The molecule has 1 aliphatic heterocycles. The minimum atomic E-state index is -0.379. The summed E-state index contributed by atoms with van der Waals surface area (Å²) in [7, 11) is 0. The fraction of sp³-hybridized carbons (Fsp3) is 0.889. The van der Waals surface area contributed by atoms with E-state index < -0.39 is 0 Å². The van der Waals surface area contributed by atoms with E-state index in [0.29, 0.717) is 0 Å². The van der Waals surface area contributed by atoms with Crippen LogP contribution in [0.4, 0.5) is 0 Å². The summed E-state index contributed by atoms with van der Waals surface area (Å²) < 4.78 is -0.311. The molecule has 3 heteroatoms. The van der Waals surface area contributed by atoms with Crippen LogP contribution in [0.1, 0.15) is 26.7 Å². The lowest BCUT2D eigenvalue weighted by Gasteiger charge is -2.29. The van der Waals surface area contributed by atoms with Gasteiger partial charge in [-0.1, -0.05) is 6.92 Å². The monoisotopic (exact) mass is 185 g/mol. The Morgan fingerprint density at radius 2 is 2.25 bits per heavy atom. The Kier molecular flexibility index (Phi) is 3.03. The molecule has 1 fully saturated rings.